The number of hydrogen-bond acceptors (Lipinski definition) is 5. The number of hydrogen-bond donors (Lipinski definition) is 1. The van der Waals surface area contributed by atoms with Crippen LogP contribution in [0.5, 0.6) is 0 Å². The van der Waals surface area contributed by atoms with E-state index in [0.717, 1.165) is 36.5 Å². The maximum absolute atomic E-state index is 12.3. The molecule has 1 fully saturated rings. The smallest absolute Gasteiger partial charge is 0.252 e. The van der Waals surface area contributed by atoms with E-state index >= 15 is 0 Å². The van der Waals surface area contributed by atoms with Gasteiger partial charge in [-0.2, -0.15) is 0 Å². The molecule has 1 unspecified atom stereocenters. The standard InChI is InChI=1S/C18H23N3O2S/c1-12(2)16-8-14(11-24-16)18(22)20-9-15-5-6-19-17(21-15)13-4-3-7-23-10-13/h5-6,8,11-13H,3-4,7,9-10H2,1-2H3,(H,20,22). The second kappa shape index (κ2) is 7.85. The van der Waals surface area contributed by atoms with Gasteiger partial charge >= 0.3 is 0 Å². The van der Waals surface area contributed by atoms with Crippen LogP contribution in [0, 0.1) is 0 Å². The van der Waals surface area contributed by atoms with Crippen LogP contribution in [-0.2, 0) is 11.3 Å². The van der Waals surface area contributed by atoms with Crippen molar-refractivity contribution >= 4 is 17.2 Å². The van der Waals surface area contributed by atoms with Crippen LogP contribution in [0.3, 0.4) is 0 Å². The first kappa shape index (κ1) is 17.0. The quantitative estimate of drug-likeness (QED) is 0.901. The average molecular weight is 345 g/mol. The van der Waals surface area contributed by atoms with E-state index in [1.807, 2.05) is 17.5 Å². The maximum atomic E-state index is 12.3. The van der Waals surface area contributed by atoms with Crippen LogP contribution in [0.2, 0.25) is 0 Å². The van der Waals surface area contributed by atoms with Crippen LogP contribution < -0.4 is 5.32 Å². The molecule has 0 aliphatic carbocycles. The fraction of sp³-hybridized carbons (Fsp3) is 0.500. The predicted octanol–water partition coefficient (Wildman–Crippen LogP) is 3.49. The molecule has 0 bridgehead atoms. The van der Waals surface area contributed by atoms with E-state index in [0.29, 0.717) is 19.1 Å². The molecule has 0 radical (unpaired) electrons. The van der Waals surface area contributed by atoms with Gasteiger partial charge in [-0.25, -0.2) is 9.97 Å². The highest BCUT2D eigenvalue weighted by Crippen LogP contribution is 2.23. The van der Waals surface area contributed by atoms with E-state index in [1.165, 1.54) is 4.88 Å². The predicted molar refractivity (Wildman–Crippen MR) is 94.4 cm³/mol. The average Bonchev–Trinajstić information content (AvgIpc) is 3.11. The monoisotopic (exact) mass is 345 g/mol. The molecule has 1 N–H and O–H groups in total. The summed E-state index contributed by atoms with van der Waals surface area (Å²) in [5.74, 6) is 1.47. The first-order valence-corrected chi connectivity index (χ1v) is 9.27. The number of thiophene rings is 1. The van der Waals surface area contributed by atoms with E-state index < -0.39 is 0 Å². The molecule has 3 rings (SSSR count). The Hall–Kier alpha value is -1.79. The normalized spacial score (nSPS) is 17.9. The minimum absolute atomic E-state index is 0.0562. The highest BCUT2D eigenvalue weighted by molar-refractivity contribution is 7.10. The molecule has 0 saturated carbocycles. The van der Waals surface area contributed by atoms with Crippen molar-refractivity contribution < 1.29 is 9.53 Å². The van der Waals surface area contributed by atoms with Crippen molar-refractivity contribution in [2.24, 2.45) is 0 Å². The van der Waals surface area contributed by atoms with Gasteiger partial charge < -0.3 is 10.1 Å². The number of aromatic nitrogens is 2. The molecule has 2 aromatic heterocycles. The lowest BCUT2D eigenvalue weighted by atomic mass is 10.0. The number of nitrogens with zero attached hydrogens (tertiary/aromatic N) is 2. The third-order valence-electron chi connectivity index (χ3n) is 4.14. The third kappa shape index (κ3) is 4.19. The van der Waals surface area contributed by atoms with Crippen molar-refractivity contribution in [2.45, 2.75) is 45.1 Å². The summed E-state index contributed by atoms with van der Waals surface area (Å²) in [4.78, 5) is 22.5. The Labute approximate surface area is 146 Å². The van der Waals surface area contributed by atoms with E-state index in [9.17, 15) is 4.79 Å². The van der Waals surface area contributed by atoms with Crippen molar-refractivity contribution in [3.8, 4) is 0 Å². The van der Waals surface area contributed by atoms with Gasteiger partial charge in [0.2, 0.25) is 0 Å². The summed E-state index contributed by atoms with van der Waals surface area (Å²) in [7, 11) is 0. The summed E-state index contributed by atoms with van der Waals surface area (Å²) in [6, 6.07) is 3.82. The van der Waals surface area contributed by atoms with Crippen molar-refractivity contribution in [1.82, 2.24) is 15.3 Å². The zero-order valence-corrected chi connectivity index (χ0v) is 14.9. The Morgan fingerprint density at radius 2 is 2.38 bits per heavy atom. The van der Waals surface area contributed by atoms with E-state index in [4.69, 9.17) is 4.74 Å². The number of amides is 1. The number of carbonyl (C=O) groups excluding carboxylic acids is 1. The van der Waals surface area contributed by atoms with Gasteiger partial charge in [0.05, 0.1) is 24.4 Å². The Morgan fingerprint density at radius 1 is 1.50 bits per heavy atom. The van der Waals surface area contributed by atoms with Gasteiger partial charge in [0, 0.05) is 29.0 Å². The minimum Gasteiger partial charge on any atom is -0.381 e. The lowest BCUT2D eigenvalue weighted by Crippen LogP contribution is -2.24. The summed E-state index contributed by atoms with van der Waals surface area (Å²) in [5, 5.41) is 4.86. The molecule has 0 aromatic carbocycles. The zero-order valence-electron chi connectivity index (χ0n) is 14.1. The molecule has 5 nitrogen and oxygen atoms in total. The molecule has 1 aliphatic heterocycles. The van der Waals surface area contributed by atoms with Gasteiger partial charge in [-0.3, -0.25) is 4.79 Å². The lowest BCUT2D eigenvalue weighted by molar-refractivity contribution is 0.0779. The molecule has 1 atom stereocenters. The fourth-order valence-corrected chi connectivity index (χ4v) is 3.61. The zero-order chi connectivity index (χ0) is 16.9. The third-order valence-corrected chi connectivity index (χ3v) is 5.37. The number of nitrogens with one attached hydrogen (secondary N) is 1. The molecule has 1 saturated heterocycles. The van der Waals surface area contributed by atoms with Gasteiger partial charge in [-0.05, 0) is 30.9 Å². The maximum Gasteiger partial charge on any atom is 0.252 e. The first-order chi connectivity index (χ1) is 11.6. The molecular weight excluding hydrogens is 322 g/mol. The highest BCUT2D eigenvalue weighted by Gasteiger charge is 2.19. The highest BCUT2D eigenvalue weighted by atomic mass is 32.1. The Bertz CT molecular complexity index is 693. The Kier molecular flexibility index (Phi) is 5.58. The first-order valence-electron chi connectivity index (χ1n) is 8.39. The SMILES string of the molecule is CC(C)c1cc(C(=O)NCc2ccnc(C3CCCOC3)n2)cs1. The molecule has 2 aromatic rings. The van der Waals surface area contributed by atoms with Crippen LogP contribution in [0.4, 0.5) is 0 Å². The number of rotatable bonds is 5. The second-order valence-corrected chi connectivity index (χ2v) is 7.34. The molecule has 1 aliphatic rings. The van der Waals surface area contributed by atoms with E-state index in [1.54, 1.807) is 17.5 Å². The summed E-state index contributed by atoms with van der Waals surface area (Å²) < 4.78 is 5.51. The van der Waals surface area contributed by atoms with Crippen molar-refractivity contribution in [2.75, 3.05) is 13.2 Å². The van der Waals surface area contributed by atoms with E-state index in [2.05, 4.69) is 29.1 Å². The summed E-state index contributed by atoms with van der Waals surface area (Å²) >= 11 is 1.63. The molecular formula is C18H23N3O2S. The van der Waals surface area contributed by atoms with Crippen LogP contribution in [0.25, 0.3) is 0 Å². The van der Waals surface area contributed by atoms with Crippen LogP contribution >= 0.6 is 11.3 Å². The molecule has 0 spiro atoms. The minimum atomic E-state index is -0.0562. The Balaban J connectivity index is 1.60. The summed E-state index contributed by atoms with van der Waals surface area (Å²) in [5.41, 5.74) is 1.55. The summed E-state index contributed by atoms with van der Waals surface area (Å²) in [6.07, 6.45) is 3.87. The van der Waals surface area contributed by atoms with Gasteiger partial charge in [0.25, 0.3) is 5.91 Å². The second-order valence-electron chi connectivity index (χ2n) is 6.40. The van der Waals surface area contributed by atoms with Crippen LogP contribution in [0.1, 0.15) is 65.3 Å². The van der Waals surface area contributed by atoms with Gasteiger partial charge in [-0.15, -0.1) is 11.3 Å². The van der Waals surface area contributed by atoms with Crippen molar-refractivity contribution in [3.63, 3.8) is 0 Å². The molecule has 1 amide bonds. The van der Waals surface area contributed by atoms with Gasteiger partial charge in [0.15, 0.2) is 0 Å². The Morgan fingerprint density at radius 3 is 3.08 bits per heavy atom. The fourth-order valence-electron chi connectivity index (χ4n) is 2.70. The van der Waals surface area contributed by atoms with Crippen molar-refractivity contribution in [3.05, 3.63) is 45.7 Å². The number of carbonyl (C=O) groups is 1. The van der Waals surface area contributed by atoms with Crippen molar-refractivity contribution in [1.29, 1.82) is 0 Å². The van der Waals surface area contributed by atoms with Crippen LogP contribution in [-0.4, -0.2) is 29.1 Å². The molecule has 3 heterocycles. The van der Waals surface area contributed by atoms with Crippen LogP contribution in [0.15, 0.2) is 23.7 Å². The molecule has 6 heteroatoms. The largest absolute Gasteiger partial charge is 0.381 e. The molecule has 128 valence electrons. The molecule has 24 heavy (non-hydrogen) atoms. The topological polar surface area (TPSA) is 64.1 Å². The lowest BCUT2D eigenvalue weighted by Gasteiger charge is -2.20. The van der Waals surface area contributed by atoms with E-state index in [-0.39, 0.29) is 11.8 Å². The number of ether oxygens (including phenoxy) is 1. The summed E-state index contributed by atoms with van der Waals surface area (Å²) in [6.45, 7) is 6.18. The van der Waals surface area contributed by atoms with Gasteiger partial charge in [0.1, 0.15) is 5.82 Å². The van der Waals surface area contributed by atoms with Gasteiger partial charge in [-0.1, -0.05) is 13.8 Å².